The molecule has 0 bridgehead atoms. The minimum atomic E-state index is -0.198. The van der Waals surface area contributed by atoms with Crippen LogP contribution in [0.2, 0.25) is 0 Å². The number of benzene rings is 3. The molecular weight excluding hydrogens is 572 g/mol. The molecule has 2 N–H and O–H groups in total. The fraction of sp³-hybridized carbons (Fsp3) is 0.343. The van der Waals surface area contributed by atoms with E-state index in [1.54, 1.807) is 49.8 Å². The van der Waals surface area contributed by atoms with Crippen molar-refractivity contribution in [3.8, 4) is 5.75 Å². The van der Waals surface area contributed by atoms with Crippen molar-refractivity contribution in [2.75, 3.05) is 27.3 Å². The van der Waals surface area contributed by atoms with Crippen molar-refractivity contribution in [2.45, 2.75) is 50.9 Å². The van der Waals surface area contributed by atoms with Crippen LogP contribution in [-0.4, -0.2) is 61.2 Å². The molecule has 0 unspecified atom stereocenters. The van der Waals surface area contributed by atoms with Gasteiger partial charge >= 0.3 is 0 Å². The Labute approximate surface area is 263 Å². The van der Waals surface area contributed by atoms with Gasteiger partial charge in [-0.1, -0.05) is 48.5 Å². The highest BCUT2D eigenvalue weighted by molar-refractivity contribution is 7.09. The van der Waals surface area contributed by atoms with Crippen molar-refractivity contribution < 1.29 is 19.1 Å². The van der Waals surface area contributed by atoms with Gasteiger partial charge in [-0.15, -0.1) is 11.3 Å². The monoisotopic (exact) mass is 612 g/mol. The number of ether oxygens (including phenoxy) is 2. The molecule has 1 saturated heterocycles. The number of amides is 2. The number of aryl methyl sites for hydroxylation is 1. The number of rotatable bonds is 13. The number of likely N-dealkylation sites (tertiary alicyclic amines) is 1. The van der Waals surface area contributed by atoms with E-state index in [-0.39, 0.29) is 30.0 Å². The zero-order valence-corrected chi connectivity index (χ0v) is 26.3. The largest absolute Gasteiger partial charge is 0.497 e. The van der Waals surface area contributed by atoms with E-state index in [9.17, 15) is 9.59 Å². The van der Waals surface area contributed by atoms with Crippen LogP contribution in [0.25, 0.3) is 0 Å². The Balaban J connectivity index is 1.26. The molecule has 2 amide bonds. The van der Waals surface area contributed by atoms with Gasteiger partial charge in [0.25, 0.3) is 11.8 Å². The van der Waals surface area contributed by atoms with Crippen LogP contribution < -0.4 is 15.4 Å². The van der Waals surface area contributed by atoms with Crippen molar-refractivity contribution in [1.29, 1.82) is 0 Å². The number of carbonyl (C=O) groups excluding carboxylic acids is 2. The first-order chi connectivity index (χ1) is 21.4. The maximum Gasteiger partial charge on any atom is 0.254 e. The number of hydrogen-bond acceptors (Lipinski definition) is 7. The average molecular weight is 613 g/mol. The summed E-state index contributed by atoms with van der Waals surface area (Å²) in [5.74, 6) is 0.507. The van der Waals surface area contributed by atoms with Gasteiger partial charge in [-0.2, -0.15) is 0 Å². The quantitative estimate of drug-likeness (QED) is 0.192. The van der Waals surface area contributed by atoms with Crippen LogP contribution in [-0.2, 0) is 17.7 Å². The average Bonchev–Trinajstić information content (AvgIpc) is 3.69. The van der Waals surface area contributed by atoms with Gasteiger partial charge in [0.1, 0.15) is 10.8 Å². The molecule has 1 fully saturated rings. The topological polar surface area (TPSA) is 92.8 Å². The van der Waals surface area contributed by atoms with Crippen molar-refractivity contribution >= 4 is 23.2 Å². The number of thiazole rings is 1. The first-order valence-corrected chi connectivity index (χ1v) is 15.9. The van der Waals surface area contributed by atoms with Gasteiger partial charge in [-0.05, 0) is 67.8 Å². The van der Waals surface area contributed by atoms with Crippen LogP contribution in [0.5, 0.6) is 5.75 Å². The molecule has 0 spiro atoms. The predicted molar refractivity (Wildman–Crippen MR) is 173 cm³/mol. The van der Waals surface area contributed by atoms with Gasteiger partial charge in [-0.3, -0.25) is 9.59 Å². The fourth-order valence-corrected chi connectivity index (χ4v) is 6.52. The number of methoxy groups -OCH3 is 2. The van der Waals surface area contributed by atoms with Crippen LogP contribution >= 0.6 is 11.3 Å². The van der Waals surface area contributed by atoms with Gasteiger partial charge < -0.3 is 25.0 Å². The normalized spacial score (nSPS) is 16.9. The second-order valence-corrected chi connectivity index (χ2v) is 12.0. The number of aromatic nitrogens is 1. The molecule has 0 radical (unpaired) electrons. The Morgan fingerprint density at radius 2 is 1.77 bits per heavy atom. The molecule has 1 aliphatic heterocycles. The highest BCUT2D eigenvalue weighted by Crippen LogP contribution is 2.36. The van der Waals surface area contributed by atoms with E-state index in [4.69, 9.17) is 9.47 Å². The van der Waals surface area contributed by atoms with Crippen molar-refractivity contribution in [2.24, 2.45) is 0 Å². The number of nitrogens with one attached hydrogen (secondary N) is 2. The first kappa shape index (κ1) is 31.4. The highest BCUT2D eigenvalue weighted by atomic mass is 32.1. The van der Waals surface area contributed by atoms with E-state index in [0.29, 0.717) is 37.1 Å². The number of carbonyl (C=O) groups is 2. The summed E-state index contributed by atoms with van der Waals surface area (Å²) in [4.78, 5) is 33.8. The van der Waals surface area contributed by atoms with Crippen LogP contribution in [0, 0.1) is 6.92 Å². The SMILES string of the molecule is COc1cccc(CNCC[C@H](Cc2ccccc2)NC(=O)c2cccc(C(=O)N3C[C@H](OC)C[C@@H]3c3nc(C)cs3)c2)c1. The summed E-state index contributed by atoms with van der Waals surface area (Å²) in [6.07, 6.45) is 2.08. The summed E-state index contributed by atoms with van der Waals surface area (Å²) in [7, 11) is 3.34. The van der Waals surface area contributed by atoms with Gasteiger partial charge in [-0.25, -0.2) is 4.98 Å². The lowest BCUT2D eigenvalue weighted by atomic mass is 10.0. The molecule has 3 aromatic carbocycles. The molecule has 8 nitrogen and oxygen atoms in total. The van der Waals surface area contributed by atoms with Crippen LogP contribution in [0.15, 0.2) is 84.2 Å². The van der Waals surface area contributed by atoms with E-state index in [1.807, 2.05) is 53.6 Å². The zero-order valence-electron chi connectivity index (χ0n) is 25.5. The lowest BCUT2D eigenvalue weighted by Gasteiger charge is -2.23. The van der Waals surface area contributed by atoms with Crippen molar-refractivity contribution in [1.82, 2.24) is 20.5 Å². The lowest BCUT2D eigenvalue weighted by Crippen LogP contribution is -2.38. The third-order valence-electron chi connectivity index (χ3n) is 7.94. The van der Waals surface area contributed by atoms with Crippen LogP contribution in [0.4, 0.5) is 0 Å². The van der Waals surface area contributed by atoms with Gasteiger partial charge in [0.2, 0.25) is 0 Å². The first-order valence-electron chi connectivity index (χ1n) is 15.0. The molecule has 9 heteroatoms. The summed E-state index contributed by atoms with van der Waals surface area (Å²) in [6.45, 7) is 3.87. The maximum absolute atomic E-state index is 13.8. The Kier molecular flexibility index (Phi) is 10.8. The molecule has 1 aromatic heterocycles. The summed E-state index contributed by atoms with van der Waals surface area (Å²) in [6, 6.07) is 24.9. The molecular formula is C35H40N4O4S. The second-order valence-electron chi connectivity index (χ2n) is 11.2. The molecule has 5 rings (SSSR count). The van der Waals surface area contributed by atoms with Gasteiger partial charge in [0.05, 0.1) is 19.3 Å². The fourth-order valence-electron chi connectivity index (χ4n) is 5.60. The minimum absolute atomic E-state index is 0.0593. The highest BCUT2D eigenvalue weighted by Gasteiger charge is 2.38. The summed E-state index contributed by atoms with van der Waals surface area (Å²) in [5, 5.41) is 9.64. The molecule has 1 aliphatic rings. The van der Waals surface area contributed by atoms with E-state index < -0.39 is 0 Å². The predicted octanol–water partition coefficient (Wildman–Crippen LogP) is 5.58. The van der Waals surface area contributed by atoms with Crippen LogP contribution in [0.3, 0.4) is 0 Å². The van der Waals surface area contributed by atoms with E-state index in [0.717, 1.165) is 40.5 Å². The summed E-state index contributed by atoms with van der Waals surface area (Å²) < 4.78 is 11.0. The second kappa shape index (κ2) is 15.1. The third kappa shape index (κ3) is 8.11. The summed E-state index contributed by atoms with van der Waals surface area (Å²) >= 11 is 1.56. The van der Waals surface area contributed by atoms with Gasteiger partial charge in [0.15, 0.2) is 0 Å². The maximum atomic E-state index is 13.8. The van der Waals surface area contributed by atoms with E-state index in [2.05, 4.69) is 33.8 Å². The smallest absolute Gasteiger partial charge is 0.254 e. The lowest BCUT2D eigenvalue weighted by molar-refractivity contribution is 0.0688. The number of nitrogens with zero attached hydrogens (tertiary/aromatic N) is 2. The Morgan fingerprint density at radius 1 is 1.00 bits per heavy atom. The minimum Gasteiger partial charge on any atom is -0.497 e. The molecule has 0 aliphatic carbocycles. The summed E-state index contributed by atoms with van der Waals surface area (Å²) in [5.41, 5.74) is 4.17. The zero-order chi connectivity index (χ0) is 30.9. The van der Waals surface area contributed by atoms with Crippen molar-refractivity contribution in [3.05, 3.63) is 117 Å². The molecule has 230 valence electrons. The molecule has 4 aromatic rings. The molecule has 2 heterocycles. The standard InChI is InChI=1S/C35H40N4O4S/c1-24-23-44-34(37-24)32-20-31(43-3)22-39(32)35(41)28-13-8-12-27(19-28)33(40)38-29(17-25-9-5-4-6-10-25)15-16-36-21-26-11-7-14-30(18-26)42-2/h4-14,18-19,23,29,31-32,36H,15-17,20-22H2,1-3H3,(H,38,40)/t29-,31-,32-/m1/s1. The Bertz CT molecular complexity index is 1540. The number of hydrogen-bond donors (Lipinski definition) is 2. The van der Waals surface area contributed by atoms with Crippen molar-refractivity contribution in [3.63, 3.8) is 0 Å². The molecule has 0 saturated carbocycles. The Morgan fingerprint density at radius 3 is 2.52 bits per heavy atom. The third-order valence-corrected chi connectivity index (χ3v) is 9.01. The van der Waals surface area contributed by atoms with Crippen LogP contribution in [0.1, 0.15) is 61.4 Å². The van der Waals surface area contributed by atoms with E-state index in [1.165, 1.54) is 0 Å². The van der Waals surface area contributed by atoms with Gasteiger partial charge in [0, 0.05) is 54.9 Å². The molecule has 3 atom stereocenters. The Hall–Kier alpha value is -4.05. The van der Waals surface area contributed by atoms with E-state index >= 15 is 0 Å². The molecule has 44 heavy (non-hydrogen) atoms.